The molecule has 1 aliphatic carbocycles. The Morgan fingerprint density at radius 2 is 1.92 bits per heavy atom. The zero-order chi connectivity index (χ0) is 16.9. The van der Waals surface area contributed by atoms with Gasteiger partial charge in [-0.05, 0) is 12.8 Å². The number of methoxy groups -OCH3 is 2. The van der Waals surface area contributed by atoms with Crippen molar-refractivity contribution in [2.75, 3.05) is 39.2 Å². The number of fused-ring (bicyclic) bond motifs is 1. The molecule has 2 aliphatic rings. The molecule has 1 saturated heterocycles. The molecule has 0 radical (unpaired) electrons. The van der Waals surface area contributed by atoms with E-state index in [0.29, 0.717) is 36.4 Å². The molecular formula is C18H26N2O4. The molecule has 1 aromatic rings. The number of hydrogen-bond donors (Lipinski definition) is 1. The van der Waals surface area contributed by atoms with Crippen LogP contribution in [-0.2, 0) is 9.53 Å². The first-order valence-corrected chi connectivity index (χ1v) is 8.58. The number of morpholine rings is 1. The summed E-state index contributed by atoms with van der Waals surface area (Å²) in [5.41, 5.74) is 0.685. The van der Waals surface area contributed by atoms with Crippen molar-refractivity contribution >= 4 is 11.6 Å². The molecule has 6 heteroatoms. The van der Waals surface area contributed by atoms with Crippen molar-refractivity contribution in [1.82, 2.24) is 4.90 Å². The van der Waals surface area contributed by atoms with Crippen LogP contribution < -0.4 is 14.8 Å². The summed E-state index contributed by atoms with van der Waals surface area (Å²) in [6, 6.07) is 5.74. The third-order valence-electron chi connectivity index (χ3n) is 4.83. The number of anilines is 1. The van der Waals surface area contributed by atoms with Crippen LogP contribution in [0.4, 0.5) is 5.69 Å². The Morgan fingerprint density at radius 3 is 2.62 bits per heavy atom. The molecule has 6 nitrogen and oxygen atoms in total. The lowest BCUT2D eigenvalue weighted by molar-refractivity contribution is -0.124. The summed E-state index contributed by atoms with van der Waals surface area (Å²) in [7, 11) is 3.19. The average Bonchev–Trinajstić information content (AvgIpc) is 2.61. The number of carbonyl (C=O) groups is 1. The van der Waals surface area contributed by atoms with Gasteiger partial charge < -0.3 is 19.5 Å². The number of rotatable bonds is 5. The lowest BCUT2D eigenvalue weighted by Crippen LogP contribution is -2.54. The molecule has 1 aromatic carbocycles. The second-order valence-corrected chi connectivity index (χ2v) is 6.38. The maximum Gasteiger partial charge on any atom is 0.238 e. The molecule has 0 aromatic heterocycles. The number of benzene rings is 1. The zero-order valence-corrected chi connectivity index (χ0v) is 14.4. The van der Waals surface area contributed by atoms with Gasteiger partial charge in [0.05, 0.1) is 33.5 Å². The molecule has 0 spiro atoms. The normalized spacial score (nSPS) is 24.1. The van der Waals surface area contributed by atoms with Gasteiger partial charge in [-0.3, -0.25) is 9.69 Å². The molecule has 0 bridgehead atoms. The topological polar surface area (TPSA) is 60.0 Å². The van der Waals surface area contributed by atoms with Crippen molar-refractivity contribution in [2.45, 2.75) is 37.8 Å². The predicted molar refractivity (Wildman–Crippen MR) is 91.7 cm³/mol. The van der Waals surface area contributed by atoms with E-state index in [0.717, 1.165) is 19.4 Å². The SMILES string of the molecule is COc1cc(NC(=O)CN2CCO[C@H]3CCCC[C@H]32)cc(OC)c1. The summed E-state index contributed by atoms with van der Waals surface area (Å²) in [6.07, 6.45) is 4.96. The lowest BCUT2D eigenvalue weighted by Gasteiger charge is -2.43. The van der Waals surface area contributed by atoms with E-state index in [2.05, 4.69) is 10.2 Å². The fourth-order valence-electron chi connectivity index (χ4n) is 3.64. The molecule has 1 amide bonds. The van der Waals surface area contributed by atoms with Crippen LogP contribution in [0.5, 0.6) is 11.5 Å². The number of nitrogens with one attached hydrogen (secondary N) is 1. The van der Waals surface area contributed by atoms with E-state index in [1.165, 1.54) is 12.8 Å². The van der Waals surface area contributed by atoms with Gasteiger partial charge in [0.25, 0.3) is 0 Å². The Labute approximate surface area is 143 Å². The fraction of sp³-hybridized carbons (Fsp3) is 0.611. The number of amides is 1. The maximum absolute atomic E-state index is 12.5. The van der Waals surface area contributed by atoms with E-state index in [1.807, 2.05) is 0 Å². The molecular weight excluding hydrogens is 308 g/mol. The first-order valence-electron chi connectivity index (χ1n) is 8.58. The molecule has 2 atom stereocenters. The number of nitrogens with zero attached hydrogens (tertiary/aromatic N) is 1. The van der Waals surface area contributed by atoms with Crippen LogP contribution >= 0.6 is 0 Å². The van der Waals surface area contributed by atoms with Gasteiger partial charge >= 0.3 is 0 Å². The molecule has 2 fully saturated rings. The van der Waals surface area contributed by atoms with Crippen LogP contribution in [0.1, 0.15) is 25.7 Å². The van der Waals surface area contributed by atoms with E-state index in [4.69, 9.17) is 14.2 Å². The van der Waals surface area contributed by atoms with Gasteiger partial charge in [-0.2, -0.15) is 0 Å². The zero-order valence-electron chi connectivity index (χ0n) is 14.4. The Morgan fingerprint density at radius 1 is 1.21 bits per heavy atom. The average molecular weight is 334 g/mol. The van der Waals surface area contributed by atoms with Crippen LogP contribution in [0.3, 0.4) is 0 Å². The van der Waals surface area contributed by atoms with Crippen LogP contribution in [0.2, 0.25) is 0 Å². The minimum atomic E-state index is -0.0171. The van der Waals surface area contributed by atoms with Gasteiger partial charge in [0.15, 0.2) is 0 Å². The van der Waals surface area contributed by atoms with Gasteiger partial charge in [-0.1, -0.05) is 12.8 Å². The van der Waals surface area contributed by atoms with Crippen molar-refractivity contribution in [3.05, 3.63) is 18.2 Å². The van der Waals surface area contributed by atoms with Crippen molar-refractivity contribution < 1.29 is 19.0 Å². The summed E-state index contributed by atoms with van der Waals surface area (Å²) >= 11 is 0. The Balaban J connectivity index is 1.62. The van der Waals surface area contributed by atoms with Crippen molar-refractivity contribution in [3.8, 4) is 11.5 Å². The van der Waals surface area contributed by atoms with Crippen LogP contribution in [0.25, 0.3) is 0 Å². The maximum atomic E-state index is 12.5. The number of hydrogen-bond acceptors (Lipinski definition) is 5. The van der Waals surface area contributed by atoms with Gasteiger partial charge in [-0.25, -0.2) is 0 Å². The van der Waals surface area contributed by atoms with Gasteiger partial charge in [0, 0.05) is 36.5 Å². The highest BCUT2D eigenvalue weighted by Crippen LogP contribution is 2.29. The smallest absolute Gasteiger partial charge is 0.238 e. The molecule has 0 unspecified atom stereocenters. The Hall–Kier alpha value is -1.79. The summed E-state index contributed by atoms with van der Waals surface area (Å²) in [6.45, 7) is 1.92. The van der Waals surface area contributed by atoms with Gasteiger partial charge in [0.1, 0.15) is 11.5 Å². The monoisotopic (exact) mass is 334 g/mol. The molecule has 1 heterocycles. The minimum Gasteiger partial charge on any atom is -0.497 e. The second-order valence-electron chi connectivity index (χ2n) is 6.38. The highest BCUT2D eigenvalue weighted by atomic mass is 16.5. The third-order valence-corrected chi connectivity index (χ3v) is 4.83. The predicted octanol–water partition coefficient (Wildman–Crippen LogP) is 2.29. The van der Waals surface area contributed by atoms with Crippen molar-refractivity contribution in [1.29, 1.82) is 0 Å². The lowest BCUT2D eigenvalue weighted by atomic mass is 9.90. The second kappa shape index (κ2) is 7.85. The van der Waals surface area contributed by atoms with Crippen LogP contribution in [0, 0.1) is 0 Å². The first kappa shape index (κ1) is 17.0. The Kier molecular flexibility index (Phi) is 5.58. The van der Waals surface area contributed by atoms with Crippen molar-refractivity contribution in [3.63, 3.8) is 0 Å². The standard InChI is InChI=1S/C18H26N2O4/c1-22-14-9-13(10-15(11-14)23-2)19-18(21)12-20-7-8-24-17-6-4-3-5-16(17)20/h9-11,16-17H,3-8,12H2,1-2H3,(H,19,21)/t16-,17+/m1/s1. The highest BCUT2D eigenvalue weighted by molar-refractivity contribution is 5.92. The van der Waals surface area contributed by atoms with Gasteiger partial charge in [0.2, 0.25) is 5.91 Å². The van der Waals surface area contributed by atoms with E-state index in [9.17, 15) is 4.79 Å². The van der Waals surface area contributed by atoms with Crippen LogP contribution in [-0.4, -0.2) is 56.9 Å². The number of ether oxygens (including phenoxy) is 3. The van der Waals surface area contributed by atoms with Crippen LogP contribution in [0.15, 0.2) is 18.2 Å². The largest absolute Gasteiger partial charge is 0.497 e. The van der Waals surface area contributed by atoms with Crippen molar-refractivity contribution in [2.24, 2.45) is 0 Å². The summed E-state index contributed by atoms with van der Waals surface area (Å²) < 4.78 is 16.3. The molecule has 24 heavy (non-hydrogen) atoms. The molecule has 3 rings (SSSR count). The summed E-state index contributed by atoms with van der Waals surface area (Å²) in [5.74, 6) is 1.29. The Bertz CT molecular complexity index is 554. The van der Waals surface area contributed by atoms with Gasteiger partial charge in [-0.15, -0.1) is 0 Å². The van der Waals surface area contributed by atoms with E-state index < -0.39 is 0 Å². The molecule has 1 N–H and O–H groups in total. The first-order chi connectivity index (χ1) is 11.7. The third kappa shape index (κ3) is 3.99. The highest BCUT2D eigenvalue weighted by Gasteiger charge is 2.34. The van der Waals surface area contributed by atoms with E-state index in [1.54, 1.807) is 32.4 Å². The molecule has 1 saturated carbocycles. The fourth-order valence-corrected chi connectivity index (χ4v) is 3.64. The molecule has 132 valence electrons. The number of carbonyl (C=O) groups excluding carboxylic acids is 1. The van der Waals surface area contributed by atoms with E-state index >= 15 is 0 Å². The summed E-state index contributed by atoms with van der Waals surface area (Å²) in [5, 5.41) is 2.95. The summed E-state index contributed by atoms with van der Waals surface area (Å²) in [4.78, 5) is 14.7. The minimum absolute atomic E-state index is 0.0171. The van der Waals surface area contributed by atoms with E-state index in [-0.39, 0.29) is 12.0 Å². The molecule has 1 aliphatic heterocycles. The quantitative estimate of drug-likeness (QED) is 0.895.